The van der Waals surface area contributed by atoms with Crippen LogP contribution in [0.2, 0.25) is 0 Å². The zero-order chi connectivity index (χ0) is 17.2. The van der Waals surface area contributed by atoms with E-state index in [-0.39, 0.29) is 11.7 Å². The summed E-state index contributed by atoms with van der Waals surface area (Å²) in [5.41, 5.74) is 0.457. The van der Waals surface area contributed by atoms with Gasteiger partial charge in [0.15, 0.2) is 0 Å². The number of nitrogens with zero attached hydrogens (tertiary/aromatic N) is 1. The highest BCUT2D eigenvalue weighted by atomic mass is 32.2. The third-order valence-electron chi connectivity index (χ3n) is 4.99. The number of aryl methyl sites for hydroxylation is 1. The number of esters is 1. The fourth-order valence-corrected chi connectivity index (χ4v) is 4.86. The summed E-state index contributed by atoms with van der Waals surface area (Å²) in [6, 6.07) is 0. The van der Waals surface area contributed by atoms with Crippen LogP contribution in [-0.4, -0.2) is 40.5 Å². The molecule has 1 unspecified atom stereocenters. The van der Waals surface area contributed by atoms with Gasteiger partial charge in [-0.25, -0.2) is 9.59 Å². The molecule has 2 aliphatic rings. The molecule has 1 aromatic rings. The molecule has 3 rings (SSSR count). The van der Waals surface area contributed by atoms with Gasteiger partial charge in [0.2, 0.25) is 0 Å². The van der Waals surface area contributed by atoms with E-state index in [0.29, 0.717) is 22.0 Å². The fourth-order valence-electron chi connectivity index (χ4n) is 3.75. The predicted octanol–water partition coefficient (Wildman–Crippen LogP) is 2.84. The molecule has 0 radical (unpaired) electrons. The number of hydrogen-bond donors (Lipinski definition) is 1. The second-order valence-corrected chi connectivity index (χ2v) is 7.68. The largest absolute Gasteiger partial charge is 0.465 e. The molecule has 2 fully saturated rings. The molecule has 132 valence electrons. The zero-order valence-corrected chi connectivity index (χ0v) is 15.0. The van der Waals surface area contributed by atoms with E-state index in [1.165, 1.54) is 38.1 Å². The summed E-state index contributed by atoms with van der Waals surface area (Å²) in [6.07, 6.45) is 8.42. The highest BCUT2D eigenvalue weighted by molar-refractivity contribution is 7.99. The maximum atomic E-state index is 12.0. The molecule has 1 aliphatic heterocycles. The van der Waals surface area contributed by atoms with Crippen molar-refractivity contribution in [3.8, 4) is 0 Å². The third-order valence-corrected chi connectivity index (χ3v) is 6.09. The van der Waals surface area contributed by atoms with Gasteiger partial charge in [-0.2, -0.15) is 4.98 Å². The van der Waals surface area contributed by atoms with Crippen molar-refractivity contribution in [2.75, 3.05) is 12.9 Å². The summed E-state index contributed by atoms with van der Waals surface area (Å²) >= 11 is 1.41. The molecule has 7 heteroatoms. The minimum absolute atomic E-state index is 0.0756. The molecule has 1 aliphatic carbocycles. The zero-order valence-electron chi connectivity index (χ0n) is 14.2. The van der Waals surface area contributed by atoms with Crippen LogP contribution in [0.4, 0.5) is 0 Å². The van der Waals surface area contributed by atoms with Crippen LogP contribution in [0.25, 0.3) is 0 Å². The first-order chi connectivity index (χ1) is 11.5. The molecule has 0 amide bonds. The molecule has 6 nitrogen and oxygen atoms in total. The van der Waals surface area contributed by atoms with Crippen molar-refractivity contribution < 1.29 is 14.3 Å². The molecule has 1 saturated heterocycles. The van der Waals surface area contributed by atoms with Crippen LogP contribution in [0.1, 0.15) is 61.0 Å². The standard InChI is InChI=1S/C17H24N2O4S/c1-11-13(15(20)22-2)14(19-16(21)18-11)24-10-12-6-9-17(23-12)7-4-3-5-8-17/h12H,3-10H2,1-2H3,(H,18,19,21). The van der Waals surface area contributed by atoms with Crippen LogP contribution in [0.5, 0.6) is 0 Å². The van der Waals surface area contributed by atoms with Crippen LogP contribution in [0.3, 0.4) is 0 Å². The van der Waals surface area contributed by atoms with Crippen molar-refractivity contribution in [2.24, 2.45) is 0 Å². The van der Waals surface area contributed by atoms with Gasteiger partial charge in [-0.15, -0.1) is 11.8 Å². The molecule has 1 atom stereocenters. The van der Waals surface area contributed by atoms with Crippen LogP contribution in [0, 0.1) is 6.92 Å². The Morgan fingerprint density at radius 1 is 1.38 bits per heavy atom. The topological polar surface area (TPSA) is 81.3 Å². The quantitative estimate of drug-likeness (QED) is 0.510. The Hall–Kier alpha value is -1.34. The monoisotopic (exact) mass is 352 g/mol. The molecule has 24 heavy (non-hydrogen) atoms. The van der Waals surface area contributed by atoms with Gasteiger partial charge in [-0.3, -0.25) is 0 Å². The Morgan fingerprint density at radius 3 is 2.83 bits per heavy atom. The van der Waals surface area contributed by atoms with Crippen LogP contribution in [0.15, 0.2) is 9.82 Å². The van der Waals surface area contributed by atoms with Crippen molar-refractivity contribution in [3.05, 3.63) is 21.7 Å². The van der Waals surface area contributed by atoms with Gasteiger partial charge < -0.3 is 14.5 Å². The number of thioether (sulfide) groups is 1. The molecule has 0 aromatic carbocycles. The average molecular weight is 352 g/mol. The number of carbonyl (C=O) groups excluding carboxylic acids is 1. The number of rotatable bonds is 4. The van der Waals surface area contributed by atoms with Crippen LogP contribution < -0.4 is 5.69 Å². The smallest absolute Gasteiger partial charge is 0.346 e. The number of hydrogen-bond acceptors (Lipinski definition) is 6. The number of ether oxygens (including phenoxy) is 2. The van der Waals surface area contributed by atoms with Gasteiger partial charge in [-0.05, 0) is 32.6 Å². The Labute approximate surface area is 145 Å². The maximum absolute atomic E-state index is 12.0. The lowest BCUT2D eigenvalue weighted by molar-refractivity contribution is -0.0555. The Balaban J connectivity index is 1.69. The maximum Gasteiger partial charge on any atom is 0.346 e. The van der Waals surface area contributed by atoms with Gasteiger partial charge in [0, 0.05) is 11.4 Å². The summed E-state index contributed by atoms with van der Waals surface area (Å²) < 4.78 is 11.2. The second-order valence-electron chi connectivity index (χ2n) is 6.67. The van der Waals surface area contributed by atoms with E-state index in [4.69, 9.17) is 9.47 Å². The minimum Gasteiger partial charge on any atom is -0.465 e. The molecule has 1 aromatic heterocycles. The molecule has 2 heterocycles. The van der Waals surface area contributed by atoms with Crippen molar-refractivity contribution in [1.82, 2.24) is 9.97 Å². The van der Waals surface area contributed by atoms with E-state index in [2.05, 4.69) is 9.97 Å². The highest BCUT2D eigenvalue weighted by Gasteiger charge is 2.40. The lowest BCUT2D eigenvalue weighted by atomic mass is 9.83. The molecule has 1 saturated carbocycles. The van der Waals surface area contributed by atoms with Gasteiger partial charge in [0.05, 0.1) is 18.8 Å². The summed E-state index contributed by atoms with van der Waals surface area (Å²) in [5, 5.41) is 0.427. The first kappa shape index (κ1) is 17.5. The number of aromatic amines is 1. The van der Waals surface area contributed by atoms with E-state index < -0.39 is 11.7 Å². The lowest BCUT2D eigenvalue weighted by Gasteiger charge is -2.33. The minimum atomic E-state index is -0.477. The Morgan fingerprint density at radius 2 is 2.12 bits per heavy atom. The van der Waals surface area contributed by atoms with Gasteiger partial charge in [0.1, 0.15) is 10.6 Å². The van der Waals surface area contributed by atoms with Gasteiger partial charge in [-0.1, -0.05) is 19.3 Å². The first-order valence-electron chi connectivity index (χ1n) is 8.53. The van der Waals surface area contributed by atoms with Crippen molar-refractivity contribution >= 4 is 17.7 Å². The Bertz CT molecular complexity index is 667. The number of methoxy groups -OCH3 is 1. The number of nitrogens with one attached hydrogen (secondary N) is 1. The van der Waals surface area contributed by atoms with Crippen LogP contribution >= 0.6 is 11.8 Å². The SMILES string of the molecule is COC(=O)c1c(SCC2CCC3(CCCCC3)O2)nc(=O)[nH]c1C. The van der Waals surface area contributed by atoms with Crippen molar-refractivity contribution in [1.29, 1.82) is 0 Å². The van der Waals surface area contributed by atoms with Gasteiger partial charge >= 0.3 is 11.7 Å². The fraction of sp³-hybridized carbons (Fsp3) is 0.706. The average Bonchev–Trinajstić information content (AvgIpc) is 2.95. The van der Waals surface area contributed by atoms with E-state index >= 15 is 0 Å². The Kier molecular flexibility index (Phi) is 5.30. The van der Waals surface area contributed by atoms with Crippen LogP contribution in [-0.2, 0) is 9.47 Å². The second kappa shape index (κ2) is 7.27. The lowest BCUT2D eigenvalue weighted by Crippen LogP contribution is -2.32. The summed E-state index contributed by atoms with van der Waals surface area (Å²) in [6.45, 7) is 1.68. The number of carbonyl (C=O) groups is 1. The van der Waals surface area contributed by atoms with E-state index in [9.17, 15) is 9.59 Å². The van der Waals surface area contributed by atoms with Crippen molar-refractivity contribution in [3.63, 3.8) is 0 Å². The third kappa shape index (κ3) is 3.67. The van der Waals surface area contributed by atoms with Gasteiger partial charge in [0.25, 0.3) is 0 Å². The van der Waals surface area contributed by atoms with E-state index in [1.54, 1.807) is 6.92 Å². The normalized spacial score (nSPS) is 22.7. The summed E-state index contributed by atoms with van der Waals surface area (Å²) in [4.78, 5) is 30.1. The summed E-state index contributed by atoms with van der Waals surface area (Å²) in [7, 11) is 1.33. The number of H-pyrrole nitrogens is 1. The van der Waals surface area contributed by atoms with E-state index in [1.807, 2.05) is 0 Å². The molecule has 1 N–H and O–H groups in total. The predicted molar refractivity (Wildman–Crippen MR) is 91.6 cm³/mol. The molecular weight excluding hydrogens is 328 g/mol. The summed E-state index contributed by atoms with van der Waals surface area (Å²) in [5.74, 6) is 0.219. The highest BCUT2D eigenvalue weighted by Crippen LogP contribution is 2.43. The molecule has 1 spiro atoms. The van der Waals surface area contributed by atoms with Crippen molar-refractivity contribution in [2.45, 2.75) is 68.6 Å². The molecule has 0 bridgehead atoms. The van der Waals surface area contributed by atoms with E-state index in [0.717, 1.165) is 25.7 Å². The first-order valence-corrected chi connectivity index (χ1v) is 9.51. The molecular formula is C17H24N2O4S. The number of aromatic nitrogens is 2.